The smallest absolute Gasteiger partial charge is 0.383 e. The van der Waals surface area contributed by atoms with Crippen molar-refractivity contribution in [3.05, 3.63) is 0 Å². The van der Waals surface area contributed by atoms with E-state index in [0.29, 0.717) is 0 Å². The van der Waals surface area contributed by atoms with E-state index in [-0.39, 0.29) is 0 Å². The summed E-state index contributed by atoms with van der Waals surface area (Å²) in [6.07, 6.45) is 2.13. The monoisotopic (exact) mass is 337 g/mol. The van der Waals surface area contributed by atoms with Gasteiger partial charge in [0.2, 0.25) is 0 Å². The van der Waals surface area contributed by atoms with Gasteiger partial charge in [-0.15, -0.1) is 0 Å². The lowest BCUT2D eigenvalue weighted by atomic mass is 10.4. The lowest BCUT2D eigenvalue weighted by molar-refractivity contribution is 0.118. The zero-order valence-corrected chi connectivity index (χ0v) is 16.1. The van der Waals surface area contributed by atoms with Gasteiger partial charge in [-0.2, -0.15) is 0 Å². The van der Waals surface area contributed by atoms with E-state index in [4.69, 9.17) is 22.1 Å². The predicted molar refractivity (Wildman–Crippen MR) is 86.2 cm³/mol. The first kappa shape index (κ1) is 19.2. The maximum Gasteiger partial charge on any atom is 0.500 e. The van der Waals surface area contributed by atoms with Crippen molar-refractivity contribution in [1.29, 1.82) is 0 Å². The third-order valence-electron chi connectivity index (χ3n) is 3.99. The van der Waals surface area contributed by atoms with Gasteiger partial charge in [0.05, 0.1) is 0 Å². The van der Waals surface area contributed by atoms with Crippen LogP contribution in [0.3, 0.4) is 0 Å². The van der Waals surface area contributed by atoms with Crippen molar-refractivity contribution in [3.8, 4) is 0 Å². The minimum atomic E-state index is -2.47. The summed E-state index contributed by atoms with van der Waals surface area (Å²) in [5.74, 6) is 0. The Labute approximate surface area is 131 Å². The van der Waals surface area contributed by atoms with E-state index in [1.54, 1.807) is 21.3 Å². The Bertz CT molecular complexity index is 277. The molecule has 21 heavy (non-hydrogen) atoms. The second kappa shape index (κ2) is 9.36. The average molecular weight is 338 g/mol. The van der Waals surface area contributed by atoms with E-state index in [9.17, 15) is 0 Å². The van der Waals surface area contributed by atoms with Crippen LogP contribution in [0.1, 0.15) is 26.7 Å². The van der Waals surface area contributed by atoms with E-state index in [2.05, 4.69) is 4.57 Å². The zero-order chi connectivity index (χ0) is 15.8. The fraction of sp³-hybridized carbons (Fsp3) is 1.00. The summed E-state index contributed by atoms with van der Waals surface area (Å²) in [5.41, 5.74) is 0. The van der Waals surface area contributed by atoms with Crippen LogP contribution in [0.15, 0.2) is 0 Å². The molecule has 1 saturated heterocycles. The van der Waals surface area contributed by atoms with Crippen LogP contribution in [0.4, 0.5) is 0 Å². The Kier molecular flexibility index (Phi) is 8.58. The molecule has 1 heterocycles. The Hall–Kier alpha value is 0.194. The molecule has 1 aliphatic rings. The highest BCUT2D eigenvalue weighted by Crippen LogP contribution is 2.29. The molecule has 0 N–H and O–H groups in total. The molecule has 6 nitrogen and oxygen atoms in total. The normalized spacial score (nSPS) is 19.3. The van der Waals surface area contributed by atoms with Gasteiger partial charge in [-0.1, -0.05) is 0 Å². The van der Waals surface area contributed by atoms with Crippen molar-refractivity contribution in [2.75, 3.05) is 47.6 Å². The summed E-state index contributed by atoms with van der Waals surface area (Å²) < 4.78 is 31.0. The fourth-order valence-electron chi connectivity index (χ4n) is 2.97. The van der Waals surface area contributed by atoms with Gasteiger partial charge in [-0.3, -0.25) is 4.57 Å². The number of nitrogens with zero attached hydrogens (tertiary/aromatic N) is 1. The van der Waals surface area contributed by atoms with Gasteiger partial charge in [-0.05, 0) is 39.8 Å². The van der Waals surface area contributed by atoms with E-state index in [0.717, 1.165) is 51.2 Å². The molecule has 1 aliphatic heterocycles. The van der Waals surface area contributed by atoms with Crippen molar-refractivity contribution in [1.82, 2.24) is 4.57 Å². The minimum Gasteiger partial charge on any atom is -0.383 e. The van der Waals surface area contributed by atoms with Crippen LogP contribution in [0.5, 0.6) is 0 Å². The average Bonchev–Trinajstić information content (AvgIpc) is 2.88. The molecule has 1 rings (SSSR count). The summed E-state index contributed by atoms with van der Waals surface area (Å²) in [7, 11) is 0.356. The standard InChI is InChI=1S/C13H31NO5Si2/c1-6-18-20(19-7-2)12-8-10-14(20)11-9-13-21(15-3,16-4)17-5/h6-13H2,1-5H3. The SMILES string of the molecule is CCO[Si]1(OCC)CCCN1CCC[Si](OC)(OC)OC. The van der Waals surface area contributed by atoms with Gasteiger partial charge < -0.3 is 22.1 Å². The van der Waals surface area contributed by atoms with Gasteiger partial charge in [0.25, 0.3) is 0 Å². The highest BCUT2D eigenvalue weighted by molar-refractivity contribution is 6.65. The van der Waals surface area contributed by atoms with Crippen molar-refractivity contribution in [2.24, 2.45) is 0 Å². The molecule has 1 fully saturated rings. The Morgan fingerprint density at radius 2 is 1.57 bits per heavy atom. The second-order valence-corrected chi connectivity index (χ2v) is 11.3. The van der Waals surface area contributed by atoms with E-state index >= 15 is 0 Å². The second-order valence-electron chi connectivity index (χ2n) is 5.07. The fourth-order valence-corrected chi connectivity index (χ4v) is 8.23. The van der Waals surface area contributed by atoms with Gasteiger partial charge in [0, 0.05) is 46.6 Å². The van der Waals surface area contributed by atoms with Crippen LogP contribution in [0, 0.1) is 0 Å². The lowest BCUT2D eigenvalue weighted by Crippen LogP contribution is -2.55. The van der Waals surface area contributed by atoms with Crippen molar-refractivity contribution in [2.45, 2.75) is 38.8 Å². The topological polar surface area (TPSA) is 49.4 Å². The van der Waals surface area contributed by atoms with Gasteiger partial charge in [0.15, 0.2) is 0 Å². The molecule has 0 aromatic carbocycles. The maximum absolute atomic E-state index is 6.07. The van der Waals surface area contributed by atoms with Gasteiger partial charge >= 0.3 is 17.5 Å². The molecule has 0 aromatic heterocycles. The first-order valence-corrected chi connectivity index (χ1v) is 11.7. The molecular weight excluding hydrogens is 306 g/mol. The number of hydrogen-bond donors (Lipinski definition) is 0. The minimum absolute atomic E-state index is 0.718. The van der Waals surface area contributed by atoms with Crippen LogP contribution in [-0.4, -0.2) is 69.7 Å². The van der Waals surface area contributed by atoms with Crippen LogP contribution >= 0.6 is 0 Å². The summed E-state index contributed by atoms with van der Waals surface area (Å²) in [6, 6.07) is 1.88. The largest absolute Gasteiger partial charge is 0.500 e. The summed E-state index contributed by atoms with van der Waals surface area (Å²) in [6.45, 7) is 7.54. The third kappa shape index (κ3) is 4.83. The lowest BCUT2D eigenvalue weighted by Gasteiger charge is -2.34. The summed E-state index contributed by atoms with van der Waals surface area (Å²) in [4.78, 5) is 0. The molecule has 0 aliphatic carbocycles. The summed E-state index contributed by atoms with van der Waals surface area (Å²) in [5, 5.41) is 0. The molecule has 0 atom stereocenters. The van der Waals surface area contributed by atoms with Crippen LogP contribution in [0.2, 0.25) is 12.1 Å². The molecule has 0 saturated carbocycles. The molecule has 0 aromatic rings. The van der Waals surface area contributed by atoms with Gasteiger partial charge in [-0.25, -0.2) is 0 Å². The van der Waals surface area contributed by atoms with Crippen molar-refractivity contribution < 1.29 is 22.1 Å². The Morgan fingerprint density at radius 3 is 2.05 bits per heavy atom. The molecule has 0 unspecified atom stereocenters. The van der Waals surface area contributed by atoms with Crippen molar-refractivity contribution >= 4 is 17.5 Å². The molecular formula is C13H31NO5Si2. The quantitative estimate of drug-likeness (QED) is 0.537. The van der Waals surface area contributed by atoms with Crippen LogP contribution < -0.4 is 0 Å². The van der Waals surface area contributed by atoms with Crippen LogP contribution in [-0.2, 0) is 22.1 Å². The molecule has 0 amide bonds. The first-order valence-electron chi connectivity index (χ1n) is 7.80. The van der Waals surface area contributed by atoms with E-state index in [1.165, 1.54) is 0 Å². The highest BCUT2D eigenvalue weighted by atomic mass is 28.4. The molecule has 0 spiro atoms. The molecule has 0 radical (unpaired) electrons. The highest BCUT2D eigenvalue weighted by Gasteiger charge is 2.48. The summed E-state index contributed by atoms with van der Waals surface area (Å²) >= 11 is 0. The van der Waals surface area contributed by atoms with Crippen LogP contribution in [0.25, 0.3) is 0 Å². The Morgan fingerprint density at radius 1 is 1.00 bits per heavy atom. The third-order valence-corrected chi connectivity index (χ3v) is 10.7. The van der Waals surface area contributed by atoms with E-state index in [1.807, 2.05) is 13.8 Å². The van der Waals surface area contributed by atoms with Crippen molar-refractivity contribution in [3.63, 3.8) is 0 Å². The van der Waals surface area contributed by atoms with Gasteiger partial charge in [0.1, 0.15) is 0 Å². The molecule has 8 heteroatoms. The molecule has 126 valence electrons. The first-order chi connectivity index (χ1) is 10.1. The van der Waals surface area contributed by atoms with E-state index < -0.39 is 17.5 Å². The maximum atomic E-state index is 6.07. The Balaban J connectivity index is 2.56. The number of hydrogen-bond acceptors (Lipinski definition) is 6. The predicted octanol–water partition coefficient (Wildman–Crippen LogP) is 1.97. The number of rotatable bonds is 11. The zero-order valence-electron chi connectivity index (χ0n) is 14.1. The molecule has 0 bridgehead atoms.